The lowest BCUT2D eigenvalue weighted by atomic mass is 9.88. The predicted octanol–water partition coefficient (Wildman–Crippen LogP) is 2.45. The van der Waals surface area contributed by atoms with E-state index in [0.29, 0.717) is 42.0 Å². The van der Waals surface area contributed by atoms with Gasteiger partial charge in [0.25, 0.3) is 11.6 Å². The average molecular weight is 490 g/mol. The van der Waals surface area contributed by atoms with Gasteiger partial charge in [0.15, 0.2) is 11.4 Å². The Labute approximate surface area is 186 Å². The Morgan fingerprint density at radius 1 is 1.23 bits per heavy atom. The number of aliphatic hydroxyl groups is 1. The number of ether oxygens (including phenoxy) is 1. The molecule has 1 unspecified atom stereocenters. The summed E-state index contributed by atoms with van der Waals surface area (Å²) in [5.41, 5.74) is -1.35. The van der Waals surface area contributed by atoms with Gasteiger partial charge in [0, 0.05) is 40.8 Å². The van der Waals surface area contributed by atoms with Crippen molar-refractivity contribution in [3.05, 3.63) is 68.2 Å². The first-order chi connectivity index (χ1) is 14.8. The van der Waals surface area contributed by atoms with E-state index < -0.39 is 28.6 Å². The lowest BCUT2D eigenvalue weighted by Gasteiger charge is -2.31. The lowest BCUT2D eigenvalue weighted by Crippen LogP contribution is -2.49. The molecule has 10 heteroatoms. The van der Waals surface area contributed by atoms with Gasteiger partial charge in [-0.05, 0) is 18.2 Å². The molecule has 0 saturated carbocycles. The maximum Gasteiger partial charge on any atom is 0.270 e. The molecule has 31 heavy (non-hydrogen) atoms. The van der Waals surface area contributed by atoms with Crippen molar-refractivity contribution in [3.8, 4) is 0 Å². The molecule has 162 valence electrons. The number of anilines is 1. The molecule has 4 rings (SSSR count). The number of nitro groups is 1. The number of fused-ring (bicyclic) bond motifs is 1. The highest BCUT2D eigenvalue weighted by molar-refractivity contribution is 9.10. The summed E-state index contributed by atoms with van der Waals surface area (Å²) in [5, 5.41) is 22.5. The van der Waals surface area contributed by atoms with Crippen molar-refractivity contribution >= 4 is 39.0 Å². The minimum Gasteiger partial charge on any atom is -0.379 e. The first-order valence-corrected chi connectivity index (χ1v) is 10.5. The number of nitro benzene ring substituents is 1. The third kappa shape index (κ3) is 4.11. The minimum atomic E-state index is -2.06. The number of carbonyl (C=O) groups excluding carboxylic acids is 2. The fourth-order valence-electron chi connectivity index (χ4n) is 3.90. The van der Waals surface area contributed by atoms with Crippen LogP contribution in [-0.4, -0.2) is 59.6 Å². The van der Waals surface area contributed by atoms with Gasteiger partial charge >= 0.3 is 0 Å². The Balaban J connectivity index is 1.65. The largest absolute Gasteiger partial charge is 0.379 e. The van der Waals surface area contributed by atoms with E-state index >= 15 is 0 Å². The van der Waals surface area contributed by atoms with Gasteiger partial charge in [0.1, 0.15) is 0 Å². The molecule has 1 fully saturated rings. The highest BCUT2D eigenvalue weighted by Gasteiger charge is 2.51. The number of nitrogens with zero attached hydrogens (tertiary/aromatic N) is 3. The molecule has 1 atom stereocenters. The number of rotatable bonds is 6. The third-order valence-corrected chi connectivity index (χ3v) is 6.03. The number of benzene rings is 2. The molecule has 2 aromatic rings. The number of non-ortho nitro benzene ring substituents is 1. The molecule has 0 aliphatic carbocycles. The SMILES string of the molecule is O=C(CC1(O)C(=O)N(CN2CCOCC2)c2ccc(Br)cc21)c1cccc([N+](=O)[O-])c1. The summed E-state index contributed by atoms with van der Waals surface area (Å²) in [4.78, 5) is 40.2. The van der Waals surface area contributed by atoms with Crippen LogP contribution < -0.4 is 4.90 Å². The smallest absolute Gasteiger partial charge is 0.270 e. The Hall–Kier alpha value is -2.66. The molecular weight excluding hydrogens is 470 g/mol. The topological polar surface area (TPSA) is 113 Å². The van der Waals surface area contributed by atoms with E-state index in [1.807, 2.05) is 4.90 Å². The van der Waals surface area contributed by atoms with Gasteiger partial charge in [-0.15, -0.1) is 0 Å². The van der Waals surface area contributed by atoms with Crippen LogP contribution >= 0.6 is 15.9 Å². The molecule has 1 amide bonds. The summed E-state index contributed by atoms with van der Waals surface area (Å²) >= 11 is 3.36. The van der Waals surface area contributed by atoms with Crippen LogP contribution in [0, 0.1) is 10.1 Å². The van der Waals surface area contributed by atoms with E-state index in [1.54, 1.807) is 18.2 Å². The van der Waals surface area contributed by atoms with Crippen LogP contribution in [0.25, 0.3) is 0 Å². The molecule has 1 N–H and O–H groups in total. The van der Waals surface area contributed by atoms with Gasteiger partial charge < -0.3 is 9.84 Å². The maximum absolute atomic E-state index is 13.4. The van der Waals surface area contributed by atoms with Crippen LogP contribution in [-0.2, 0) is 15.1 Å². The molecular formula is C21H20BrN3O6. The quantitative estimate of drug-likeness (QED) is 0.376. The molecule has 2 aliphatic rings. The zero-order valence-electron chi connectivity index (χ0n) is 16.5. The van der Waals surface area contributed by atoms with Crippen molar-refractivity contribution in [1.82, 2.24) is 4.90 Å². The third-order valence-electron chi connectivity index (χ3n) is 5.53. The van der Waals surface area contributed by atoms with Gasteiger partial charge in [-0.25, -0.2) is 0 Å². The van der Waals surface area contributed by atoms with Crippen molar-refractivity contribution < 1.29 is 24.4 Å². The van der Waals surface area contributed by atoms with Gasteiger partial charge in [-0.3, -0.25) is 29.5 Å². The van der Waals surface area contributed by atoms with E-state index in [-0.39, 0.29) is 17.9 Å². The Kier molecular flexibility index (Phi) is 5.89. The zero-order valence-corrected chi connectivity index (χ0v) is 18.1. The Morgan fingerprint density at radius 2 is 1.97 bits per heavy atom. The van der Waals surface area contributed by atoms with Crippen LogP contribution in [0.3, 0.4) is 0 Å². The number of hydrogen-bond donors (Lipinski definition) is 1. The summed E-state index contributed by atoms with van der Waals surface area (Å²) < 4.78 is 6.01. The van der Waals surface area contributed by atoms with Crippen molar-refractivity contribution in [3.63, 3.8) is 0 Å². The molecule has 9 nitrogen and oxygen atoms in total. The number of ketones is 1. The van der Waals surface area contributed by atoms with Crippen LogP contribution in [0.5, 0.6) is 0 Å². The van der Waals surface area contributed by atoms with Gasteiger partial charge in [0.05, 0.1) is 36.9 Å². The molecule has 0 aromatic heterocycles. The highest BCUT2D eigenvalue weighted by Crippen LogP contribution is 2.44. The van der Waals surface area contributed by atoms with Crippen molar-refractivity contribution in [2.75, 3.05) is 37.9 Å². The highest BCUT2D eigenvalue weighted by atomic mass is 79.9. The fourth-order valence-corrected chi connectivity index (χ4v) is 4.27. The first kappa shape index (κ1) is 21.6. The van der Waals surface area contributed by atoms with Crippen molar-refractivity contribution in [1.29, 1.82) is 0 Å². The molecule has 0 radical (unpaired) electrons. The standard InChI is InChI=1S/C21H20BrN3O6/c22-15-4-5-18-17(11-15)21(28,20(27)24(18)13-23-6-8-31-9-7-23)12-19(26)14-2-1-3-16(10-14)25(29)30/h1-5,10-11,28H,6-9,12-13H2. The van der Waals surface area contributed by atoms with Crippen LogP contribution in [0.4, 0.5) is 11.4 Å². The predicted molar refractivity (Wildman–Crippen MR) is 115 cm³/mol. The van der Waals surface area contributed by atoms with E-state index in [9.17, 15) is 24.8 Å². The van der Waals surface area contributed by atoms with Crippen LogP contribution in [0.15, 0.2) is 46.9 Å². The second kappa shape index (κ2) is 8.46. The van der Waals surface area contributed by atoms with Gasteiger partial charge in [0.2, 0.25) is 0 Å². The normalized spacial score (nSPS) is 21.2. The number of amides is 1. The molecule has 0 spiro atoms. The summed E-state index contributed by atoms with van der Waals surface area (Å²) in [6.07, 6.45) is -0.518. The van der Waals surface area contributed by atoms with Gasteiger partial charge in [-0.2, -0.15) is 0 Å². The number of hydrogen-bond acceptors (Lipinski definition) is 7. The first-order valence-electron chi connectivity index (χ1n) is 9.72. The average Bonchev–Trinajstić information content (AvgIpc) is 2.96. The maximum atomic E-state index is 13.4. The van der Waals surface area contributed by atoms with Crippen molar-refractivity contribution in [2.45, 2.75) is 12.0 Å². The van der Waals surface area contributed by atoms with E-state index in [0.717, 1.165) is 6.07 Å². The second-order valence-corrected chi connectivity index (χ2v) is 8.45. The Bertz CT molecular complexity index is 1060. The molecule has 2 aromatic carbocycles. The van der Waals surface area contributed by atoms with E-state index in [4.69, 9.17) is 4.74 Å². The minimum absolute atomic E-state index is 0.0681. The number of halogens is 1. The number of Topliss-reactive ketones (excluding diaryl/α,β-unsaturated/α-hetero) is 1. The van der Waals surface area contributed by atoms with Crippen LogP contribution in [0.2, 0.25) is 0 Å². The fraction of sp³-hybridized carbons (Fsp3) is 0.333. The Morgan fingerprint density at radius 3 is 2.68 bits per heavy atom. The summed E-state index contributed by atoms with van der Waals surface area (Å²) in [6.45, 7) is 2.70. The second-order valence-electron chi connectivity index (χ2n) is 7.53. The number of morpholine rings is 1. The molecule has 1 saturated heterocycles. The molecule has 2 aliphatic heterocycles. The summed E-state index contributed by atoms with van der Waals surface area (Å²) in [5.74, 6) is -1.15. The summed E-state index contributed by atoms with van der Waals surface area (Å²) in [6, 6.07) is 10.4. The lowest BCUT2D eigenvalue weighted by molar-refractivity contribution is -0.384. The molecule has 2 heterocycles. The van der Waals surface area contributed by atoms with Crippen molar-refractivity contribution in [2.24, 2.45) is 0 Å². The van der Waals surface area contributed by atoms with Gasteiger partial charge in [-0.1, -0.05) is 28.1 Å². The zero-order chi connectivity index (χ0) is 22.2. The van der Waals surface area contributed by atoms with Crippen LogP contribution in [0.1, 0.15) is 22.3 Å². The summed E-state index contributed by atoms with van der Waals surface area (Å²) in [7, 11) is 0. The van der Waals surface area contributed by atoms with E-state index in [2.05, 4.69) is 15.9 Å². The molecule has 0 bridgehead atoms. The number of carbonyl (C=O) groups is 2. The van der Waals surface area contributed by atoms with E-state index in [1.165, 1.54) is 23.1 Å². The monoisotopic (exact) mass is 489 g/mol.